The van der Waals surface area contributed by atoms with Crippen LogP contribution in [-0.2, 0) is 0 Å². The molecule has 2 aromatic heterocycles. The Labute approximate surface area is 124 Å². The van der Waals surface area contributed by atoms with Crippen molar-refractivity contribution in [3.63, 3.8) is 0 Å². The van der Waals surface area contributed by atoms with Crippen LogP contribution in [0.3, 0.4) is 0 Å². The molecule has 1 aliphatic carbocycles. The molecule has 0 unspecified atom stereocenters. The Morgan fingerprint density at radius 3 is 3.00 bits per heavy atom. The molecule has 0 aliphatic heterocycles. The summed E-state index contributed by atoms with van der Waals surface area (Å²) in [6.07, 6.45) is 7.13. The van der Waals surface area contributed by atoms with E-state index in [9.17, 15) is 4.79 Å². The van der Waals surface area contributed by atoms with Crippen LogP contribution in [0.15, 0.2) is 17.5 Å². The summed E-state index contributed by atoms with van der Waals surface area (Å²) in [5.74, 6) is 0.0914. The summed E-state index contributed by atoms with van der Waals surface area (Å²) < 4.78 is 3.53. The lowest BCUT2D eigenvalue weighted by Crippen LogP contribution is -2.27. The summed E-state index contributed by atoms with van der Waals surface area (Å²) in [7, 11) is 0. The van der Waals surface area contributed by atoms with E-state index in [1.165, 1.54) is 35.9 Å². The van der Waals surface area contributed by atoms with Gasteiger partial charge in [0.1, 0.15) is 5.69 Å². The number of unbranched alkanes of at least 4 members (excludes halogenated alkanes) is 1. The van der Waals surface area contributed by atoms with Crippen molar-refractivity contribution in [2.45, 2.75) is 51.5 Å². The van der Waals surface area contributed by atoms with Gasteiger partial charge in [0.15, 0.2) is 0 Å². The number of hydrogen-bond acceptors (Lipinski definition) is 2. The lowest BCUT2D eigenvalue weighted by Gasteiger charge is -2.17. The largest absolute Gasteiger partial charge is 0.351 e. The lowest BCUT2D eigenvalue weighted by molar-refractivity contribution is 0.0942. The first-order valence-corrected chi connectivity index (χ1v) is 8.56. The van der Waals surface area contributed by atoms with Gasteiger partial charge in [0, 0.05) is 12.6 Å². The van der Waals surface area contributed by atoms with Crippen LogP contribution >= 0.6 is 11.3 Å². The van der Waals surface area contributed by atoms with Crippen LogP contribution in [0.2, 0.25) is 0 Å². The second kappa shape index (κ2) is 6.00. The van der Waals surface area contributed by atoms with Crippen LogP contribution in [0.5, 0.6) is 0 Å². The smallest absolute Gasteiger partial charge is 0.267 e. The van der Waals surface area contributed by atoms with Gasteiger partial charge < -0.3 is 9.88 Å². The van der Waals surface area contributed by atoms with Crippen molar-refractivity contribution in [1.82, 2.24) is 9.88 Å². The van der Waals surface area contributed by atoms with Crippen molar-refractivity contribution >= 4 is 27.5 Å². The van der Waals surface area contributed by atoms with Crippen molar-refractivity contribution in [1.29, 1.82) is 0 Å². The highest BCUT2D eigenvalue weighted by atomic mass is 32.1. The van der Waals surface area contributed by atoms with E-state index in [-0.39, 0.29) is 5.91 Å². The van der Waals surface area contributed by atoms with Gasteiger partial charge in [0.2, 0.25) is 0 Å². The monoisotopic (exact) mass is 290 g/mol. The quantitative estimate of drug-likeness (QED) is 0.816. The van der Waals surface area contributed by atoms with Crippen LogP contribution in [0.4, 0.5) is 0 Å². The molecular weight excluding hydrogens is 268 g/mol. The number of nitrogens with zero attached hydrogens (tertiary/aromatic N) is 1. The van der Waals surface area contributed by atoms with Crippen molar-refractivity contribution in [3.05, 3.63) is 23.2 Å². The molecule has 20 heavy (non-hydrogen) atoms. The highest BCUT2D eigenvalue weighted by Crippen LogP contribution is 2.36. The van der Waals surface area contributed by atoms with Gasteiger partial charge in [0.05, 0.1) is 10.2 Å². The molecule has 0 spiro atoms. The Morgan fingerprint density at radius 1 is 1.45 bits per heavy atom. The average molecular weight is 290 g/mol. The number of amides is 1. The molecule has 0 atom stereocenters. The fourth-order valence-corrected chi connectivity index (χ4v) is 3.96. The number of nitrogens with one attached hydrogen (secondary N) is 1. The van der Waals surface area contributed by atoms with Gasteiger partial charge in [-0.1, -0.05) is 26.2 Å². The number of carbonyl (C=O) groups is 1. The molecule has 3 rings (SSSR count). The van der Waals surface area contributed by atoms with Gasteiger partial charge in [-0.3, -0.25) is 4.79 Å². The van der Waals surface area contributed by atoms with Crippen LogP contribution in [-0.4, -0.2) is 17.0 Å². The molecular formula is C16H22N2OS. The molecule has 1 aliphatic rings. The lowest BCUT2D eigenvalue weighted by atomic mass is 10.2. The van der Waals surface area contributed by atoms with Gasteiger partial charge in [-0.05, 0) is 36.8 Å². The Bertz CT molecular complexity index is 593. The first-order valence-electron chi connectivity index (χ1n) is 7.68. The van der Waals surface area contributed by atoms with E-state index >= 15 is 0 Å². The Balaban J connectivity index is 1.90. The zero-order valence-electron chi connectivity index (χ0n) is 12.0. The molecule has 0 radical (unpaired) electrons. The van der Waals surface area contributed by atoms with Crippen molar-refractivity contribution < 1.29 is 4.79 Å². The van der Waals surface area contributed by atoms with E-state index in [0.717, 1.165) is 25.1 Å². The minimum atomic E-state index is 0.0914. The van der Waals surface area contributed by atoms with E-state index in [4.69, 9.17) is 0 Å². The van der Waals surface area contributed by atoms with Gasteiger partial charge in [-0.2, -0.15) is 0 Å². The van der Waals surface area contributed by atoms with E-state index in [1.54, 1.807) is 11.3 Å². The summed E-state index contributed by atoms with van der Waals surface area (Å²) in [5.41, 5.74) is 2.09. The molecule has 1 saturated carbocycles. The molecule has 3 nitrogen and oxygen atoms in total. The van der Waals surface area contributed by atoms with Crippen molar-refractivity contribution in [2.75, 3.05) is 6.54 Å². The fourth-order valence-electron chi connectivity index (χ4n) is 3.14. The second-order valence-electron chi connectivity index (χ2n) is 5.62. The normalized spacial score (nSPS) is 16.1. The second-order valence-corrected chi connectivity index (χ2v) is 6.57. The molecule has 1 fully saturated rings. The van der Waals surface area contributed by atoms with Crippen molar-refractivity contribution in [3.8, 4) is 0 Å². The van der Waals surface area contributed by atoms with E-state index in [1.807, 2.05) is 0 Å². The molecule has 0 bridgehead atoms. The van der Waals surface area contributed by atoms with Crippen LogP contribution < -0.4 is 5.32 Å². The average Bonchev–Trinajstić information content (AvgIpc) is 3.14. The molecule has 0 saturated heterocycles. The first kappa shape index (κ1) is 13.7. The van der Waals surface area contributed by atoms with Gasteiger partial charge >= 0.3 is 0 Å². The Kier molecular flexibility index (Phi) is 4.10. The standard InChI is InChI=1S/C16H22N2OS/c1-2-3-9-17-16(19)14-11-15-13(8-10-20-15)18(14)12-6-4-5-7-12/h8,10-12H,2-7,9H2,1H3,(H,17,19). The number of carbonyl (C=O) groups excluding carboxylic acids is 1. The molecule has 2 aromatic rings. The summed E-state index contributed by atoms with van der Waals surface area (Å²) >= 11 is 1.73. The van der Waals surface area contributed by atoms with E-state index in [2.05, 4.69) is 34.3 Å². The van der Waals surface area contributed by atoms with E-state index in [0.29, 0.717) is 6.04 Å². The third-order valence-electron chi connectivity index (χ3n) is 4.20. The number of aromatic nitrogens is 1. The first-order chi connectivity index (χ1) is 9.81. The highest BCUT2D eigenvalue weighted by Gasteiger charge is 2.24. The summed E-state index contributed by atoms with van der Waals surface area (Å²) in [5, 5.41) is 5.18. The molecule has 1 N–H and O–H groups in total. The van der Waals surface area contributed by atoms with Crippen LogP contribution in [0, 0.1) is 0 Å². The molecule has 2 heterocycles. The third kappa shape index (κ3) is 2.49. The summed E-state index contributed by atoms with van der Waals surface area (Å²) in [4.78, 5) is 12.4. The third-order valence-corrected chi connectivity index (χ3v) is 5.05. The number of fused-ring (bicyclic) bond motifs is 1. The zero-order chi connectivity index (χ0) is 13.9. The number of thiophene rings is 1. The van der Waals surface area contributed by atoms with Gasteiger partial charge in [0.25, 0.3) is 5.91 Å². The molecule has 4 heteroatoms. The SMILES string of the molecule is CCCCNC(=O)c1cc2sccc2n1C1CCCC1. The Morgan fingerprint density at radius 2 is 2.25 bits per heavy atom. The maximum absolute atomic E-state index is 12.4. The van der Waals surface area contributed by atoms with Crippen LogP contribution in [0.25, 0.3) is 10.2 Å². The topological polar surface area (TPSA) is 34.0 Å². The predicted octanol–water partition coefficient (Wildman–Crippen LogP) is 4.35. The minimum absolute atomic E-state index is 0.0914. The van der Waals surface area contributed by atoms with Crippen molar-refractivity contribution in [2.24, 2.45) is 0 Å². The fraction of sp³-hybridized carbons (Fsp3) is 0.562. The predicted molar refractivity (Wildman–Crippen MR) is 84.6 cm³/mol. The maximum atomic E-state index is 12.4. The molecule has 0 aromatic carbocycles. The van der Waals surface area contributed by atoms with Gasteiger partial charge in [-0.25, -0.2) is 0 Å². The maximum Gasteiger partial charge on any atom is 0.267 e. The summed E-state index contributed by atoms with van der Waals surface area (Å²) in [6.45, 7) is 2.92. The van der Waals surface area contributed by atoms with Crippen LogP contribution in [0.1, 0.15) is 62.0 Å². The van der Waals surface area contributed by atoms with E-state index < -0.39 is 0 Å². The number of hydrogen-bond donors (Lipinski definition) is 1. The Hall–Kier alpha value is -1.29. The highest BCUT2D eigenvalue weighted by molar-refractivity contribution is 7.17. The molecule has 1 amide bonds. The molecule has 108 valence electrons. The zero-order valence-corrected chi connectivity index (χ0v) is 12.8. The van der Waals surface area contributed by atoms with Gasteiger partial charge in [-0.15, -0.1) is 11.3 Å². The minimum Gasteiger partial charge on any atom is -0.351 e. The summed E-state index contributed by atoms with van der Waals surface area (Å²) in [6, 6.07) is 4.73. The number of rotatable bonds is 5.